The van der Waals surface area contributed by atoms with E-state index in [9.17, 15) is 8.42 Å². The molecule has 5 nitrogen and oxygen atoms in total. The van der Waals surface area contributed by atoms with Crippen molar-refractivity contribution in [2.45, 2.75) is 11.8 Å². The first-order chi connectivity index (χ1) is 7.99. The predicted molar refractivity (Wildman–Crippen MR) is 66.4 cm³/mol. The van der Waals surface area contributed by atoms with Gasteiger partial charge in [-0.1, -0.05) is 6.92 Å². The Balaban J connectivity index is 2.75. The van der Waals surface area contributed by atoms with Gasteiger partial charge < -0.3 is 10.5 Å². The molecule has 1 rings (SSSR count). The summed E-state index contributed by atoms with van der Waals surface area (Å²) < 4.78 is 31.2. The maximum Gasteiger partial charge on any atom is 0.240 e. The van der Waals surface area contributed by atoms with E-state index in [1.54, 1.807) is 12.1 Å². The number of sulfonamides is 1. The number of ether oxygens (including phenoxy) is 1. The van der Waals surface area contributed by atoms with Crippen LogP contribution in [0, 0.1) is 5.92 Å². The third-order valence-electron chi connectivity index (χ3n) is 2.39. The first-order valence-electron chi connectivity index (χ1n) is 5.33. The van der Waals surface area contributed by atoms with Gasteiger partial charge in [-0.15, -0.1) is 0 Å². The quantitative estimate of drug-likeness (QED) is 0.781. The van der Waals surface area contributed by atoms with E-state index in [1.807, 2.05) is 6.92 Å². The van der Waals surface area contributed by atoms with E-state index in [0.29, 0.717) is 18.8 Å². The highest BCUT2D eigenvalue weighted by molar-refractivity contribution is 7.89. The van der Waals surface area contributed by atoms with Gasteiger partial charge in [-0.2, -0.15) is 0 Å². The first kappa shape index (κ1) is 14.0. The zero-order valence-corrected chi connectivity index (χ0v) is 10.8. The summed E-state index contributed by atoms with van der Waals surface area (Å²) >= 11 is 0. The lowest BCUT2D eigenvalue weighted by Gasteiger charge is -2.11. The summed E-state index contributed by atoms with van der Waals surface area (Å²) in [5.41, 5.74) is 5.43. The lowest BCUT2D eigenvalue weighted by atomic mass is 10.2. The smallest absolute Gasteiger partial charge is 0.240 e. The molecule has 0 aromatic heterocycles. The molecular weight excluding hydrogens is 240 g/mol. The molecule has 0 saturated carbocycles. The normalized spacial score (nSPS) is 13.4. The van der Waals surface area contributed by atoms with Crippen LogP contribution in [0.15, 0.2) is 29.2 Å². The van der Waals surface area contributed by atoms with Gasteiger partial charge in [0.1, 0.15) is 5.75 Å². The van der Waals surface area contributed by atoms with Crippen LogP contribution in [0.1, 0.15) is 6.92 Å². The van der Waals surface area contributed by atoms with Crippen molar-refractivity contribution < 1.29 is 13.2 Å². The lowest BCUT2D eigenvalue weighted by molar-refractivity contribution is 0.414. The summed E-state index contributed by atoms with van der Waals surface area (Å²) in [7, 11) is -1.92. The molecule has 0 bridgehead atoms. The molecule has 1 aromatic rings. The van der Waals surface area contributed by atoms with Crippen molar-refractivity contribution in [2.75, 3.05) is 20.2 Å². The van der Waals surface area contributed by atoms with Crippen LogP contribution < -0.4 is 15.2 Å². The molecule has 0 aliphatic rings. The molecule has 0 fully saturated rings. The van der Waals surface area contributed by atoms with Crippen molar-refractivity contribution in [1.29, 1.82) is 0 Å². The first-order valence-corrected chi connectivity index (χ1v) is 6.81. The van der Waals surface area contributed by atoms with Crippen LogP contribution in [0.2, 0.25) is 0 Å². The van der Waals surface area contributed by atoms with Crippen LogP contribution in [0.5, 0.6) is 5.75 Å². The SMILES string of the molecule is COc1ccc(S(=O)(=O)NCC(C)CN)cc1. The van der Waals surface area contributed by atoms with Gasteiger partial charge in [0, 0.05) is 6.54 Å². The molecule has 0 radical (unpaired) electrons. The minimum absolute atomic E-state index is 0.114. The molecule has 0 heterocycles. The highest BCUT2D eigenvalue weighted by Crippen LogP contribution is 2.15. The molecule has 6 heteroatoms. The van der Waals surface area contributed by atoms with Gasteiger partial charge in [-0.25, -0.2) is 13.1 Å². The van der Waals surface area contributed by atoms with Crippen LogP contribution in [0.4, 0.5) is 0 Å². The fourth-order valence-electron chi connectivity index (χ4n) is 1.17. The Morgan fingerprint density at radius 3 is 2.41 bits per heavy atom. The van der Waals surface area contributed by atoms with Crippen molar-refractivity contribution in [3.63, 3.8) is 0 Å². The summed E-state index contributed by atoms with van der Waals surface area (Å²) in [6, 6.07) is 6.24. The van der Waals surface area contributed by atoms with Crippen molar-refractivity contribution in [3.05, 3.63) is 24.3 Å². The molecule has 96 valence electrons. The molecular formula is C11H18N2O3S. The number of benzene rings is 1. The number of hydrogen-bond acceptors (Lipinski definition) is 4. The van der Waals surface area contributed by atoms with Gasteiger partial charge in [-0.05, 0) is 36.7 Å². The van der Waals surface area contributed by atoms with Crippen molar-refractivity contribution in [1.82, 2.24) is 4.72 Å². The molecule has 1 unspecified atom stereocenters. The Labute approximate surface area is 102 Å². The summed E-state index contributed by atoms with van der Waals surface area (Å²) in [4.78, 5) is 0.225. The lowest BCUT2D eigenvalue weighted by Crippen LogP contribution is -2.31. The van der Waals surface area contributed by atoms with Gasteiger partial charge in [0.05, 0.1) is 12.0 Å². The largest absolute Gasteiger partial charge is 0.497 e. The third kappa shape index (κ3) is 3.99. The number of rotatable bonds is 6. The summed E-state index contributed by atoms with van der Waals surface area (Å²) in [5, 5.41) is 0. The van der Waals surface area contributed by atoms with Crippen molar-refractivity contribution in [3.8, 4) is 5.75 Å². The summed E-state index contributed by atoms with van der Waals surface area (Å²) in [6.45, 7) is 2.67. The van der Waals surface area contributed by atoms with E-state index in [1.165, 1.54) is 19.2 Å². The molecule has 3 N–H and O–H groups in total. The zero-order chi connectivity index (χ0) is 12.9. The van der Waals surface area contributed by atoms with Crippen LogP contribution in [-0.2, 0) is 10.0 Å². The number of methoxy groups -OCH3 is 1. The van der Waals surface area contributed by atoms with Gasteiger partial charge >= 0.3 is 0 Å². The van der Waals surface area contributed by atoms with Crippen molar-refractivity contribution in [2.24, 2.45) is 11.7 Å². The molecule has 0 amide bonds. The Kier molecular flexibility index (Phi) is 4.92. The molecule has 0 aliphatic carbocycles. The van der Waals surface area contributed by atoms with E-state index in [4.69, 9.17) is 10.5 Å². The zero-order valence-electron chi connectivity index (χ0n) is 10.0. The van der Waals surface area contributed by atoms with Gasteiger partial charge in [0.25, 0.3) is 0 Å². The van der Waals surface area contributed by atoms with E-state index in [-0.39, 0.29) is 10.8 Å². The number of hydrogen-bond donors (Lipinski definition) is 2. The second kappa shape index (κ2) is 6.00. The molecule has 1 aromatic carbocycles. The molecule has 1 atom stereocenters. The number of nitrogens with one attached hydrogen (secondary N) is 1. The summed E-state index contributed by atoms with van der Waals surface area (Å²) in [6.07, 6.45) is 0. The molecule has 0 aliphatic heterocycles. The maximum atomic E-state index is 11.9. The standard InChI is InChI=1S/C11H18N2O3S/c1-9(7-12)8-13-17(14,15)11-5-3-10(16-2)4-6-11/h3-6,9,13H,7-8,12H2,1-2H3. The van der Waals surface area contributed by atoms with Gasteiger partial charge in [-0.3, -0.25) is 0 Å². The van der Waals surface area contributed by atoms with Gasteiger partial charge in [0.2, 0.25) is 10.0 Å². The van der Waals surface area contributed by atoms with Crippen molar-refractivity contribution >= 4 is 10.0 Å². The molecule has 0 spiro atoms. The van der Waals surface area contributed by atoms with Crippen LogP contribution in [0.3, 0.4) is 0 Å². The number of nitrogens with two attached hydrogens (primary N) is 1. The minimum atomic E-state index is -3.45. The average molecular weight is 258 g/mol. The summed E-state index contributed by atoms with van der Waals surface area (Å²) in [5.74, 6) is 0.738. The molecule has 17 heavy (non-hydrogen) atoms. The second-order valence-electron chi connectivity index (χ2n) is 3.87. The van der Waals surface area contributed by atoms with Crippen LogP contribution in [0.25, 0.3) is 0 Å². The monoisotopic (exact) mass is 258 g/mol. The second-order valence-corrected chi connectivity index (χ2v) is 5.64. The van der Waals surface area contributed by atoms with Crippen LogP contribution >= 0.6 is 0 Å². The Bertz CT molecular complexity index is 442. The fourth-order valence-corrected chi connectivity index (χ4v) is 2.34. The minimum Gasteiger partial charge on any atom is -0.497 e. The van der Waals surface area contributed by atoms with Crippen LogP contribution in [-0.4, -0.2) is 28.6 Å². The molecule has 0 saturated heterocycles. The fraction of sp³-hybridized carbons (Fsp3) is 0.455. The topological polar surface area (TPSA) is 81.4 Å². The Morgan fingerprint density at radius 1 is 1.35 bits per heavy atom. The third-order valence-corrected chi connectivity index (χ3v) is 3.83. The van der Waals surface area contributed by atoms with E-state index >= 15 is 0 Å². The average Bonchev–Trinajstić information content (AvgIpc) is 2.36. The highest BCUT2D eigenvalue weighted by Gasteiger charge is 2.14. The maximum absolute atomic E-state index is 11.9. The Hall–Kier alpha value is -1.11. The predicted octanol–water partition coefficient (Wildman–Crippen LogP) is 0.568. The van der Waals surface area contributed by atoms with E-state index in [0.717, 1.165) is 0 Å². The van der Waals surface area contributed by atoms with E-state index < -0.39 is 10.0 Å². The van der Waals surface area contributed by atoms with E-state index in [2.05, 4.69) is 4.72 Å². The Morgan fingerprint density at radius 2 is 1.94 bits per heavy atom. The highest BCUT2D eigenvalue weighted by atomic mass is 32.2. The van der Waals surface area contributed by atoms with Gasteiger partial charge in [0.15, 0.2) is 0 Å².